The molecule has 132 valence electrons. The number of allylic oxidation sites excluding steroid dienone is 2. The topological polar surface area (TPSA) is 62.2 Å². The van der Waals surface area contributed by atoms with Gasteiger partial charge in [-0.15, -0.1) is 0 Å². The van der Waals surface area contributed by atoms with Gasteiger partial charge in [0.1, 0.15) is 0 Å². The summed E-state index contributed by atoms with van der Waals surface area (Å²) in [6.45, 7) is 5.46. The molecule has 8 heteroatoms. The number of anilines is 1. The van der Waals surface area contributed by atoms with E-state index in [0.717, 1.165) is 16.9 Å². The van der Waals surface area contributed by atoms with Crippen molar-refractivity contribution < 1.29 is 14.3 Å². The van der Waals surface area contributed by atoms with Gasteiger partial charge >= 0.3 is 5.97 Å². The first-order valence-electron chi connectivity index (χ1n) is 7.67. The van der Waals surface area contributed by atoms with Gasteiger partial charge in [-0.2, -0.15) is 5.10 Å². The minimum absolute atomic E-state index is 0.00235. The van der Waals surface area contributed by atoms with Gasteiger partial charge < -0.3 is 9.64 Å². The molecule has 0 unspecified atom stereocenters. The highest BCUT2D eigenvalue weighted by molar-refractivity contribution is 8.28. The van der Waals surface area contributed by atoms with Crippen LogP contribution < -0.4 is 5.01 Å². The number of esters is 1. The number of methoxy groups -OCH3 is 1. The lowest BCUT2D eigenvalue weighted by atomic mass is 10.2. The van der Waals surface area contributed by atoms with Crippen molar-refractivity contribution in [3.8, 4) is 0 Å². The zero-order chi connectivity index (χ0) is 18.4. The number of carbonyl (C=O) groups is 2. The average Bonchev–Trinajstić information content (AvgIpc) is 3.08. The van der Waals surface area contributed by atoms with Crippen LogP contribution in [0.3, 0.4) is 0 Å². The second kappa shape index (κ2) is 6.42. The lowest BCUT2D eigenvalue weighted by molar-refractivity contribution is -0.132. The molecule has 0 saturated heterocycles. The molecule has 3 rings (SSSR count). The van der Waals surface area contributed by atoms with E-state index in [-0.39, 0.29) is 10.8 Å². The number of rotatable bonds is 3. The van der Waals surface area contributed by atoms with Gasteiger partial charge in [0, 0.05) is 12.7 Å². The van der Waals surface area contributed by atoms with Gasteiger partial charge in [-0.25, -0.2) is 9.80 Å². The Morgan fingerprint density at radius 2 is 1.96 bits per heavy atom. The van der Waals surface area contributed by atoms with Gasteiger partial charge in [0.25, 0.3) is 0 Å². The molecule has 0 aliphatic carbocycles. The van der Waals surface area contributed by atoms with Crippen molar-refractivity contribution in [1.82, 2.24) is 4.90 Å². The number of aryl methyl sites for hydroxylation is 1. The number of ether oxygens (including phenoxy) is 1. The van der Waals surface area contributed by atoms with Crippen LogP contribution in [-0.2, 0) is 14.3 Å². The number of carbonyl (C=O) groups excluding carboxylic acids is 2. The van der Waals surface area contributed by atoms with Crippen molar-refractivity contribution in [2.75, 3.05) is 19.2 Å². The molecule has 2 heterocycles. The number of Topliss-reactive ketones (excluding diaryl/α,β-unsaturated/α-hetero) is 1. The summed E-state index contributed by atoms with van der Waals surface area (Å²) in [5.41, 5.74) is 2.80. The number of hydrogen-bond donors (Lipinski definition) is 0. The Balaban J connectivity index is 2.10. The van der Waals surface area contributed by atoms with Crippen molar-refractivity contribution in [3.05, 3.63) is 40.4 Å². The van der Waals surface area contributed by atoms with Crippen LogP contribution in [0.25, 0.3) is 0 Å². The number of hydrazone groups is 1. The van der Waals surface area contributed by atoms with E-state index in [2.05, 4.69) is 5.10 Å². The molecular formula is C17H19N3O3S2. The molecular weight excluding hydrogens is 358 g/mol. The van der Waals surface area contributed by atoms with Crippen molar-refractivity contribution in [2.45, 2.75) is 25.1 Å². The van der Waals surface area contributed by atoms with E-state index in [1.807, 2.05) is 50.1 Å². The van der Waals surface area contributed by atoms with Crippen LogP contribution in [0.5, 0.6) is 0 Å². The minimum Gasteiger partial charge on any atom is -0.464 e. The first kappa shape index (κ1) is 17.9. The van der Waals surface area contributed by atoms with E-state index in [0.29, 0.717) is 4.91 Å². The Morgan fingerprint density at radius 3 is 2.52 bits per heavy atom. The third kappa shape index (κ3) is 2.83. The summed E-state index contributed by atoms with van der Waals surface area (Å²) in [4.78, 5) is 26.8. The van der Waals surface area contributed by atoms with E-state index < -0.39 is 10.3 Å². The molecule has 2 aliphatic rings. The summed E-state index contributed by atoms with van der Waals surface area (Å²) in [5, 5.41) is 6.58. The van der Waals surface area contributed by atoms with Gasteiger partial charge in [0.05, 0.1) is 17.7 Å². The van der Waals surface area contributed by atoms with Crippen LogP contribution in [-0.4, -0.2) is 40.2 Å². The highest BCUT2D eigenvalue weighted by Crippen LogP contribution is 2.58. The second-order valence-electron chi connectivity index (χ2n) is 5.83. The van der Waals surface area contributed by atoms with Crippen LogP contribution in [0, 0.1) is 6.92 Å². The predicted molar refractivity (Wildman–Crippen MR) is 102 cm³/mol. The molecule has 2 aliphatic heterocycles. The summed E-state index contributed by atoms with van der Waals surface area (Å²) in [7, 11) is 3.24. The standard InChI is InChI=1S/C17H19N3O3S2/c1-10-7-6-8-13(9-10)20-17(25-15(18-20)16(22)23-5)19(4)11(2)14(24-17)12(3)21/h6-9H,1-5H3/t17-/m1/s1. The highest BCUT2D eigenvalue weighted by Gasteiger charge is 2.55. The Bertz CT molecular complexity index is 821. The number of nitrogens with zero attached hydrogens (tertiary/aromatic N) is 3. The monoisotopic (exact) mass is 377 g/mol. The fourth-order valence-electron chi connectivity index (χ4n) is 2.73. The molecule has 1 aromatic rings. The summed E-state index contributed by atoms with van der Waals surface area (Å²) in [6, 6.07) is 7.89. The van der Waals surface area contributed by atoms with Crippen molar-refractivity contribution >= 4 is 46.0 Å². The molecule has 0 fully saturated rings. The van der Waals surface area contributed by atoms with Crippen LogP contribution in [0.15, 0.2) is 40.0 Å². The second-order valence-corrected chi connectivity index (χ2v) is 8.43. The largest absolute Gasteiger partial charge is 0.464 e. The van der Waals surface area contributed by atoms with Gasteiger partial charge in [-0.3, -0.25) is 4.79 Å². The maximum Gasteiger partial charge on any atom is 0.365 e. The molecule has 1 atom stereocenters. The predicted octanol–water partition coefficient (Wildman–Crippen LogP) is 3.15. The van der Waals surface area contributed by atoms with Gasteiger partial charge in [-0.05, 0) is 50.2 Å². The van der Waals surface area contributed by atoms with Gasteiger partial charge in [0.15, 0.2) is 5.78 Å². The third-order valence-corrected chi connectivity index (χ3v) is 7.26. The fourth-order valence-corrected chi connectivity index (χ4v) is 5.64. The number of benzene rings is 1. The first-order valence-corrected chi connectivity index (χ1v) is 9.31. The number of hydrogen-bond acceptors (Lipinski definition) is 8. The van der Waals surface area contributed by atoms with Gasteiger partial charge in [0.2, 0.25) is 9.37 Å². The van der Waals surface area contributed by atoms with E-state index in [1.165, 1.54) is 30.6 Å². The SMILES string of the molecule is COC(=O)C1=NN(c2cccc(C)c2)[C@@]2(S1)SC(C(C)=O)=C(C)N2C. The van der Waals surface area contributed by atoms with Crippen molar-refractivity contribution in [3.63, 3.8) is 0 Å². The number of ketones is 1. The molecule has 1 aromatic carbocycles. The quantitative estimate of drug-likeness (QED) is 0.750. The zero-order valence-corrected chi connectivity index (χ0v) is 16.3. The number of thioether (sulfide) groups is 2. The summed E-state index contributed by atoms with van der Waals surface area (Å²) in [5.74, 6) is -0.481. The Labute approximate surface area is 155 Å². The molecule has 25 heavy (non-hydrogen) atoms. The van der Waals surface area contributed by atoms with Crippen LogP contribution in [0.2, 0.25) is 0 Å². The Kier molecular flexibility index (Phi) is 4.59. The van der Waals surface area contributed by atoms with Gasteiger partial charge in [-0.1, -0.05) is 23.9 Å². The molecule has 0 N–H and O–H groups in total. The molecule has 0 bridgehead atoms. The average molecular weight is 377 g/mol. The Hall–Kier alpha value is -1.93. The lowest BCUT2D eigenvalue weighted by Crippen LogP contribution is -2.47. The first-order chi connectivity index (χ1) is 11.8. The van der Waals surface area contributed by atoms with Crippen molar-refractivity contribution in [2.24, 2.45) is 5.10 Å². The smallest absolute Gasteiger partial charge is 0.365 e. The Morgan fingerprint density at radius 1 is 1.24 bits per heavy atom. The lowest BCUT2D eigenvalue weighted by Gasteiger charge is -2.39. The zero-order valence-electron chi connectivity index (χ0n) is 14.7. The van der Waals surface area contributed by atoms with Crippen LogP contribution in [0.1, 0.15) is 19.4 Å². The summed E-state index contributed by atoms with van der Waals surface area (Å²) in [6.07, 6.45) is 0. The molecule has 0 radical (unpaired) electrons. The highest BCUT2D eigenvalue weighted by atomic mass is 32.2. The maximum atomic E-state index is 12.1. The summed E-state index contributed by atoms with van der Waals surface area (Å²) < 4.78 is 4.09. The molecule has 0 saturated carbocycles. The van der Waals surface area contributed by atoms with E-state index in [4.69, 9.17) is 4.74 Å². The molecule has 1 spiro atoms. The summed E-state index contributed by atoms with van der Waals surface area (Å²) >= 11 is 2.70. The molecule has 0 aromatic heterocycles. The third-order valence-electron chi connectivity index (χ3n) is 4.10. The van der Waals surface area contributed by atoms with Crippen molar-refractivity contribution in [1.29, 1.82) is 0 Å². The van der Waals surface area contributed by atoms with Crippen LogP contribution in [0.4, 0.5) is 5.69 Å². The van der Waals surface area contributed by atoms with E-state index >= 15 is 0 Å². The minimum atomic E-state index is -0.762. The van der Waals surface area contributed by atoms with E-state index in [9.17, 15) is 9.59 Å². The molecule has 6 nitrogen and oxygen atoms in total. The fraction of sp³-hybridized carbons (Fsp3) is 0.353. The normalized spacial score (nSPS) is 22.7. The van der Waals surface area contributed by atoms with Crippen LogP contribution >= 0.6 is 23.5 Å². The maximum absolute atomic E-state index is 12.1. The molecule has 0 amide bonds. The van der Waals surface area contributed by atoms with E-state index in [1.54, 1.807) is 11.9 Å².